The standard InChI is InChI=1S/C21H22N4O2/c1-15(26)25(19-5-10-27-11-6-19)14-18-12-17(4-7-22-18)16-2-3-20-21(13-16)24-9-8-23-20/h2-4,7-9,12-13,19H,5-6,10-11,14H2,1H3. The number of fused-ring (bicyclic) bond motifs is 1. The van der Waals surface area contributed by atoms with Crippen LogP contribution in [0.2, 0.25) is 0 Å². The van der Waals surface area contributed by atoms with E-state index < -0.39 is 0 Å². The maximum Gasteiger partial charge on any atom is 0.220 e. The third-order valence-corrected chi connectivity index (χ3v) is 4.99. The number of nitrogens with zero attached hydrogens (tertiary/aromatic N) is 4. The molecular weight excluding hydrogens is 340 g/mol. The van der Waals surface area contributed by atoms with Gasteiger partial charge >= 0.3 is 0 Å². The van der Waals surface area contributed by atoms with E-state index in [1.54, 1.807) is 25.5 Å². The highest BCUT2D eigenvalue weighted by molar-refractivity contribution is 5.81. The molecule has 1 aliphatic heterocycles. The third kappa shape index (κ3) is 3.95. The van der Waals surface area contributed by atoms with Gasteiger partial charge in [0, 0.05) is 44.8 Å². The molecule has 6 nitrogen and oxygen atoms in total. The van der Waals surface area contributed by atoms with E-state index in [1.165, 1.54) is 0 Å². The molecule has 0 aliphatic carbocycles. The first-order valence-electron chi connectivity index (χ1n) is 9.22. The van der Waals surface area contributed by atoms with Crippen LogP contribution >= 0.6 is 0 Å². The van der Waals surface area contributed by atoms with Crippen LogP contribution in [0.5, 0.6) is 0 Å². The molecule has 1 fully saturated rings. The Hall–Kier alpha value is -2.86. The van der Waals surface area contributed by atoms with Gasteiger partial charge in [0.2, 0.25) is 5.91 Å². The van der Waals surface area contributed by atoms with Crippen LogP contribution in [0.1, 0.15) is 25.5 Å². The van der Waals surface area contributed by atoms with Gasteiger partial charge in [0.15, 0.2) is 0 Å². The largest absolute Gasteiger partial charge is 0.381 e. The Bertz CT molecular complexity index is 954. The first-order valence-corrected chi connectivity index (χ1v) is 9.22. The lowest BCUT2D eigenvalue weighted by atomic mass is 10.0. The minimum atomic E-state index is 0.0788. The van der Waals surface area contributed by atoms with Crippen molar-refractivity contribution >= 4 is 16.9 Å². The van der Waals surface area contributed by atoms with Crippen molar-refractivity contribution in [1.29, 1.82) is 0 Å². The van der Waals surface area contributed by atoms with Gasteiger partial charge in [-0.1, -0.05) is 6.07 Å². The van der Waals surface area contributed by atoms with Crippen molar-refractivity contribution in [2.75, 3.05) is 13.2 Å². The molecule has 1 aromatic carbocycles. The number of benzene rings is 1. The zero-order valence-corrected chi connectivity index (χ0v) is 15.3. The quantitative estimate of drug-likeness (QED) is 0.713. The molecule has 3 aromatic rings. The molecule has 1 amide bonds. The SMILES string of the molecule is CC(=O)N(Cc1cc(-c2ccc3nccnc3c2)ccn1)C1CCOCC1. The van der Waals surface area contributed by atoms with Crippen LogP contribution in [0.4, 0.5) is 0 Å². The second-order valence-electron chi connectivity index (χ2n) is 6.79. The predicted molar refractivity (Wildman–Crippen MR) is 103 cm³/mol. The maximum absolute atomic E-state index is 12.2. The molecule has 3 heterocycles. The Kier molecular flexibility index (Phi) is 5.07. The predicted octanol–water partition coefficient (Wildman–Crippen LogP) is 3.22. The summed E-state index contributed by atoms with van der Waals surface area (Å²) in [6, 6.07) is 10.3. The zero-order chi connectivity index (χ0) is 18.6. The highest BCUT2D eigenvalue weighted by Crippen LogP contribution is 2.24. The summed E-state index contributed by atoms with van der Waals surface area (Å²) in [6.45, 7) is 3.56. The molecule has 2 aromatic heterocycles. The van der Waals surface area contributed by atoms with Crippen LogP contribution in [0, 0.1) is 0 Å². The number of amides is 1. The van der Waals surface area contributed by atoms with E-state index >= 15 is 0 Å². The fourth-order valence-corrected chi connectivity index (χ4v) is 3.56. The van der Waals surface area contributed by atoms with E-state index in [0.29, 0.717) is 19.8 Å². The second-order valence-corrected chi connectivity index (χ2v) is 6.79. The average molecular weight is 362 g/mol. The number of carbonyl (C=O) groups is 1. The summed E-state index contributed by atoms with van der Waals surface area (Å²) < 4.78 is 5.43. The van der Waals surface area contributed by atoms with Crippen LogP contribution < -0.4 is 0 Å². The average Bonchev–Trinajstić information content (AvgIpc) is 2.72. The monoisotopic (exact) mass is 362 g/mol. The van der Waals surface area contributed by atoms with Gasteiger partial charge in [0.05, 0.1) is 23.3 Å². The molecule has 1 aliphatic rings. The number of hydrogen-bond acceptors (Lipinski definition) is 5. The summed E-state index contributed by atoms with van der Waals surface area (Å²) in [5.41, 5.74) is 4.74. The van der Waals surface area contributed by atoms with Gasteiger partial charge in [-0.05, 0) is 48.2 Å². The number of ether oxygens (including phenoxy) is 1. The normalized spacial score (nSPS) is 15.0. The van der Waals surface area contributed by atoms with Crippen molar-refractivity contribution in [1.82, 2.24) is 19.9 Å². The summed E-state index contributed by atoms with van der Waals surface area (Å²) in [4.78, 5) is 27.3. The van der Waals surface area contributed by atoms with Gasteiger partial charge < -0.3 is 9.64 Å². The molecular formula is C21H22N4O2. The number of pyridine rings is 1. The number of rotatable bonds is 4. The van der Waals surface area contributed by atoms with Crippen molar-refractivity contribution in [2.45, 2.75) is 32.4 Å². The maximum atomic E-state index is 12.2. The minimum absolute atomic E-state index is 0.0788. The zero-order valence-electron chi connectivity index (χ0n) is 15.3. The summed E-state index contributed by atoms with van der Waals surface area (Å²) in [7, 11) is 0. The van der Waals surface area contributed by atoms with Crippen molar-refractivity contribution in [3.05, 3.63) is 54.6 Å². The molecule has 0 N–H and O–H groups in total. The fraction of sp³-hybridized carbons (Fsp3) is 0.333. The Labute approximate surface area is 158 Å². The van der Waals surface area contributed by atoms with E-state index in [2.05, 4.69) is 15.0 Å². The van der Waals surface area contributed by atoms with Gasteiger partial charge in [0.1, 0.15) is 0 Å². The Morgan fingerprint density at radius 1 is 1.00 bits per heavy atom. The molecule has 138 valence electrons. The number of carbonyl (C=O) groups excluding carboxylic acids is 1. The molecule has 0 bridgehead atoms. The molecule has 0 atom stereocenters. The fourth-order valence-electron chi connectivity index (χ4n) is 3.56. The smallest absolute Gasteiger partial charge is 0.220 e. The molecule has 0 unspecified atom stereocenters. The number of hydrogen-bond donors (Lipinski definition) is 0. The van der Waals surface area contributed by atoms with Gasteiger partial charge in [0.25, 0.3) is 0 Å². The lowest BCUT2D eigenvalue weighted by Gasteiger charge is -2.33. The number of aromatic nitrogens is 3. The van der Waals surface area contributed by atoms with Crippen LogP contribution in [-0.4, -0.2) is 45.0 Å². The molecule has 6 heteroatoms. The van der Waals surface area contributed by atoms with Crippen LogP contribution in [-0.2, 0) is 16.1 Å². The van der Waals surface area contributed by atoms with Gasteiger partial charge in [-0.25, -0.2) is 0 Å². The second kappa shape index (κ2) is 7.80. The molecule has 0 saturated carbocycles. The van der Waals surface area contributed by atoms with E-state index in [0.717, 1.165) is 40.7 Å². The molecule has 1 saturated heterocycles. The van der Waals surface area contributed by atoms with E-state index in [1.807, 2.05) is 35.2 Å². The highest BCUT2D eigenvalue weighted by Gasteiger charge is 2.24. The van der Waals surface area contributed by atoms with Crippen molar-refractivity contribution in [3.8, 4) is 11.1 Å². The van der Waals surface area contributed by atoms with Crippen molar-refractivity contribution in [2.24, 2.45) is 0 Å². The third-order valence-electron chi connectivity index (χ3n) is 4.99. The Morgan fingerprint density at radius 2 is 1.74 bits per heavy atom. The lowest BCUT2D eigenvalue weighted by molar-refractivity contribution is -0.133. The minimum Gasteiger partial charge on any atom is -0.381 e. The van der Waals surface area contributed by atoms with Crippen molar-refractivity contribution < 1.29 is 9.53 Å². The first kappa shape index (κ1) is 17.5. The topological polar surface area (TPSA) is 68.2 Å². The van der Waals surface area contributed by atoms with E-state index in [4.69, 9.17) is 4.74 Å². The Balaban J connectivity index is 1.59. The van der Waals surface area contributed by atoms with Gasteiger partial charge in [-0.3, -0.25) is 19.7 Å². The van der Waals surface area contributed by atoms with Gasteiger partial charge in [-0.15, -0.1) is 0 Å². The molecule has 27 heavy (non-hydrogen) atoms. The Morgan fingerprint density at radius 3 is 2.52 bits per heavy atom. The van der Waals surface area contributed by atoms with E-state index in [-0.39, 0.29) is 11.9 Å². The first-order chi connectivity index (χ1) is 13.2. The summed E-state index contributed by atoms with van der Waals surface area (Å²) in [6.07, 6.45) is 6.95. The molecule has 4 rings (SSSR count). The van der Waals surface area contributed by atoms with E-state index in [9.17, 15) is 4.79 Å². The molecule has 0 radical (unpaired) electrons. The van der Waals surface area contributed by atoms with Crippen LogP contribution in [0.15, 0.2) is 48.9 Å². The summed E-state index contributed by atoms with van der Waals surface area (Å²) in [5, 5.41) is 0. The molecule has 0 spiro atoms. The lowest BCUT2D eigenvalue weighted by Crippen LogP contribution is -2.42. The van der Waals surface area contributed by atoms with Crippen LogP contribution in [0.25, 0.3) is 22.2 Å². The van der Waals surface area contributed by atoms with Crippen molar-refractivity contribution in [3.63, 3.8) is 0 Å². The summed E-state index contributed by atoms with van der Waals surface area (Å²) in [5.74, 6) is 0.0788. The summed E-state index contributed by atoms with van der Waals surface area (Å²) >= 11 is 0. The van der Waals surface area contributed by atoms with Gasteiger partial charge in [-0.2, -0.15) is 0 Å². The van der Waals surface area contributed by atoms with Crippen LogP contribution in [0.3, 0.4) is 0 Å². The highest BCUT2D eigenvalue weighted by atomic mass is 16.5.